The Morgan fingerprint density at radius 1 is 1.78 bits per heavy atom. The third-order valence-electron chi connectivity index (χ3n) is 1.07. The lowest BCUT2D eigenvalue weighted by Gasteiger charge is -2.00. The minimum absolute atomic E-state index is 0.0177. The zero-order chi connectivity index (χ0) is 7.28. The number of aliphatic hydroxyl groups is 1. The van der Waals surface area contributed by atoms with Crippen LogP contribution in [0.1, 0.15) is 19.8 Å². The van der Waals surface area contributed by atoms with Crippen LogP contribution in [0.5, 0.6) is 0 Å². The van der Waals surface area contributed by atoms with Gasteiger partial charge in [0.1, 0.15) is 0 Å². The summed E-state index contributed by atoms with van der Waals surface area (Å²) in [5, 5.41) is 11.2. The van der Waals surface area contributed by atoms with Crippen molar-refractivity contribution >= 4 is 5.91 Å². The first kappa shape index (κ1) is 8.43. The van der Waals surface area contributed by atoms with Crippen molar-refractivity contribution in [3.05, 3.63) is 0 Å². The second-order valence-electron chi connectivity index (χ2n) is 2.06. The molecule has 1 unspecified atom stereocenters. The number of hydrogen-bond donors (Lipinski definition) is 2. The van der Waals surface area contributed by atoms with Crippen molar-refractivity contribution in [3.63, 3.8) is 0 Å². The first-order chi connectivity index (χ1) is 4.16. The number of aliphatic hydroxyl groups excluding tert-OH is 1. The van der Waals surface area contributed by atoms with E-state index >= 15 is 0 Å². The number of carbonyl (C=O) groups excluding carboxylic acids is 1. The normalized spacial score (nSPS) is 12.8. The average Bonchev–Trinajstić information content (AvgIpc) is 1.83. The fraction of sp³-hybridized carbons (Fsp3) is 0.833. The summed E-state index contributed by atoms with van der Waals surface area (Å²) in [5.41, 5.74) is 0. The van der Waals surface area contributed by atoms with Gasteiger partial charge in [-0.25, -0.2) is 0 Å². The molecule has 0 rings (SSSR count). The Labute approximate surface area is 55.1 Å². The molecule has 3 heteroatoms. The number of amides is 1. The highest BCUT2D eigenvalue weighted by Crippen LogP contribution is 1.93. The maximum Gasteiger partial charge on any atom is 0.219 e. The van der Waals surface area contributed by atoms with E-state index < -0.39 is 0 Å². The highest BCUT2D eigenvalue weighted by Gasteiger charge is 1.99. The maximum atomic E-state index is 10.5. The fourth-order valence-corrected chi connectivity index (χ4v) is 0.465. The average molecular weight is 131 g/mol. The summed E-state index contributed by atoms with van der Waals surface area (Å²) in [6.07, 6.45) is 0.579. The van der Waals surface area contributed by atoms with Gasteiger partial charge in [0.25, 0.3) is 0 Å². The molecule has 0 bridgehead atoms. The van der Waals surface area contributed by atoms with Gasteiger partial charge in [0, 0.05) is 13.5 Å². The second kappa shape index (κ2) is 4.32. The van der Waals surface area contributed by atoms with Crippen molar-refractivity contribution in [3.8, 4) is 0 Å². The molecule has 0 aliphatic heterocycles. The molecule has 0 spiro atoms. The maximum absolute atomic E-state index is 10.5. The van der Waals surface area contributed by atoms with Crippen LogP contribution in [-0.4, -0.2) is 24.2 Å². The molecule has 0 aromatic carbocycles. The largest absolute Gasteiger partial charge is 0.393 e. The Bertz CT molecular complexity index is 91.1. The zero-order valence-electron chi connectivity index (χ0n) is 5.85. The lowest BCUT2D eigenvalue weighted by atomic mass is 10.2. The van der Waals surface area contributed by atoms with Crippen LogP contribution < -0.4 is 5.32 Å². The molecule has 1 atom stereocenters. The molecule has 0 radical (unpaired) electrons. The summed E-state index contributed by atoms with van der Waals surface area (Å²) >= 11 is 0. The lowest BCUT2D eigenvalue weighted by molar-refractivity contribution is -0.121. The van der Waals surface area contributed by atoms with E-state index in [1.807, 2.05) is 0 Å². The SMILES string of the molecule is CNC(=O)CCC(C)O. The minimum Gasteiger partial charge on any atom is -0.393 e. The van der Waals surface area contributed by atoms with E-state index in [4.69, 9.17) is 5.11 Å². The van der Waals surface area contributed by atoms with Crippen molar-refractivity contribution in [1.82, 2.24) is 5.32 Å². The van der Waals surface area contributed by atoms with E-state index in [2.05, 4.69) is 5.32 Å². The summed E-state index contributed by atoms with van der Waals surface area (Å²) in [5.74, 6) is -0.0177. The molecule has 1 amide bonds. The van der Waals surface area contributed by atoms with Gasteiger partial charge >= 0.3 is 0 Å². The van der Waals surface area contributed by atoms with Crippen molar-refractivity contribution in [2.45, 2.75) is 25.9 Å². The van der Waals surface area contributed by atoms with Crippen LogP contribution in [0.2, 0.25) is 0 Å². The first-order valence-corrected chi connectivity index (χ1v) is 3.05. The monoisotopic (exact) mass is 131 g/mol. The van der Waals surface area contributed by atoms with Crippen LogP contribution >= 0.6 is 0 Å². The van der Waals surface area contributed by atoms with Crippen molar-refractivity contribution in [1.29, 1.82) is 0 Å². The Kier molecular flexibility index (Phi) is 4.05. The van der Waals surface area contributed by atoms with E-state index in [1.54, 1.807) is 14.0 Å². The van der Waals surface area contributed by atoms with Gasteiger partial charge in [-0.2, -0.15) is 0 Å². The number of hydrogen-bond acceptors (Lipinski definition) is 2. The summed E-state index contributed by atoms with van der Waals surface area (Å²) in [6.45, 7) is 1.67. The van der Waals surface area contributed by atoms with Gasteiger partial charge < -0.3 is 10.4 Å². The summed E-state index contributed by atoms with van der Waals surface area (Å²) < 4.78 is 0. The molecular formula is C6H13NO2. The van der Waals surface area contributed by atoms with Gasteiger partial charge in [-0.1, -0.05) is 0 Å². The number of carbonyl (C=O) groups is 1. The smallest absolute Gasteiger partial charge is 0.219 e. The molecule has 54 valence electrons. The Morgan fingerprint density at radius 2 is 2.33 bits per heavy atom. The van der Waals surface area contributed by atoms with Crippen molar-refractivity contribution < 1.29 is 9.90 Å². The number of rotatable bonds is 3. The molecule has 0 saturated heterocycles. The first-order valence-electron chi connectivity index (χ1n) is 3.05. The second-order valence-corrected chi connectivity index (χ2v) is 2.06. The summed E-state index contributed by atoms with van der Waals surface area (Å²) in [6, 6.07) is 0. The molecule has 0 aliphatic carbocycles. The molecule has 0 aliphatic rings. The third-order valence-corrected chi connectivity index (χ3v) is 1.07. The Balaban J connectivity index is 3.17. The molecule has 0 heterocycles. The number of nitrogens with one attached hydrogen (secondary N) is 1. The van der Waals surface area contributed by atoms with E-state index in [1.165, 1.54) is 0 Å². The topological polar surface area (TPSA) is 49.3 Å². The van der Waals surface area contributed by atoms with Gasteiger partial charge in [-0.05, 0) is 13.3 Å². The predicted molar refractivity (Wildman–Crippen MR) is 35.0 cm³/mol. The standard InChI is InChI=1S/C6H13NO2/c1-5(8)3-4-6(9)7-2/h5,8H,3-4H2,1-2H3,(H,7,9). The third kappa shape index (κ3) is 5.30. The highest BCUT2D eigenvalue weighted by molar-refractivity contribution is 5.75. The van der Waals surface area contributed by atoms with E-state index in [0.29, 0.717) is 12.8 Å². The summed E-state index contributed by atoms with van der Waals surface area (Å²) in [7, 11) is 1.59. The Morgan fingerprint density at radius 3 is 2.67 bits per heavy atom. The molecule has 3 nitrogen and oxygen atoms in total. The van der Waals surface area contributed by atoms with Crippen LogP contribution in [0.3, 0.4) is 0 Å². The van der Waals surface area contributed by atoms with Crippen LogP contribution in [0.25, 0.3) is 0 Å². The van der Waals surface area contributed by atoms with Gasteiger partial charge in [-0.3, -0.25) is 4.79 Å². The van der Waals surface area contributed by atoms with Crippen LogP contribution in [0.15, 0.2) is 0 Å². The van der Waals surface area contributed by atoms with E-state index in [9.17, 15) is 4.79 Å². The molecule has 0 fully saturated rings. The fourth-order valence-electron chi connectivity index (χ4n) is 0.465. The molecule has 0 saturated carbocycles. The molecule has 2 N–H and O–H groups in total. The van der Waals surface area contributed by atoms with E-state index in [-0.39, 0.29) is 12.0 Å². The van der Waals surface area contributed by atoms with E-state index in [0.717, 1.165) is 0 Å². The minimum atomic E-state index is -0.373. The van der Waals surface area contributed by atoms with Crippen LogP contribution in [0, 0.1) is 0 Å². The molecular weight excluding hydrogens is 118 g/mol. The van der Waals surface area contributed by atoms with Gasteiger partial charge in [0.05, 0.1) is 6.10 Å². The summed E-state index contributed by atoms with van der Waals surface area (Å²) in [4.78, 5) is 10.5. The lowest BCUT2D eigenvalue weighted by Crippen LogP contribution is -2.18. The van der Waals surface area contributed by atoms with Crippen LogP contribution in [0.4, 0.5) is 0 Å². The predicted octanol–water partition coefficient (Wildman–Crippen LogP) is -0.107. The molecule has 0 aromatic rings. The van der Waals surface area contributed by atoms with Gasteiger partial charge in [0.15, 0.2) is 0 Å². The van der Waals surface area contributed by atoms with Crippen LogP contribution in [-0.2, 0) is 4.79 Å². The van der Waals surface area contributed by atoms with Crippen molar-refractivity contribution in [2.24, 2.45) is 0 Å². The molecule has 9 heavy (non-hydrogen) atoms. The van der Waals surface area contributed by atoms with Gasteiger partial charge in [0.2, 0.25) is 5.91 Å². The Hall–Kier alpha value is -0.570. The quantitative estimate of drug-likeness (QED) is 0.561. The molecule has 0 aromatic heterocycles. The van der Waals surface area contributed by atoms with Gasteiger partial charge in [-0.15, -0.1) is 0 Å². The zero-order valence-corrected chi connectivity index (χ0v) is 5.85. The van der Waals surface area contributed by atoms with Crippen molar-refractivity contribution in [2.75, 3.05) is 7.05 Å². The highest BCUT2D eigenvalue weighted by atomic mass is 16.3.